The maximum Gasteiger partial charge on any atom is 0.335 e. The Morgan fingerprint density at radius 1 is 1.47 bits per heavy atom. The van der Waals surface area contributed by atoms with Gasteiger partial charge >= 0.3 is 5.97 Å². The predicted molar refractivity (Wildman–Crippen MR) is 84.3 cm³/mol. The first-order chi connectivity index (χ1) is 9.10. The first-order valence-corrected chi connectivity index (χ1v) is 8.36. The largest absolute Gasteiger partial charge is 0.478 e. The number of hydrogen-bond donors (Lipinski definition) is 2. The Morgan fingerprint density at radius 2 is 2.26 bits per heavy atom. The number of thioether (sulfide) groups is 1. The van der Waals surface area contributed by atoms with Gasteiger partial charge in [-0.05, 0) is 36.8 Å². The number of carboxylic acid groups (broad SMARTS) is 1. The highest BCUT2D eigenvalue weighted by Gasteiger charge is 2.27. The lowest BCUT2D eigenvalue weighted by atomic mass is 10.1. The molecule has 3 nitrogen and oxygen atoms in total. The van der Waals surface area contributed by atoms with Gasteiger partial charge in [0.05, 0.1) is 5.56 Å². The molecule has 0 aliphatic heterocycles. The van der Waals surface area contributed by atoms with Gasteiger partial charge in [0.2, 0.25) is 0 Å². The lowest BCUT2D eigenvalue weighted by Gasteiger charge is -2.21. The molecule has 1 saturated carbocycles. The van der Waals surface area contributed by atoms with E-state index >= 15 is 0 Å². The summed E-state index contributed by atoms with van der Waals surface area (Å²) < 4.78 is 0.799. The monoisotopic (exact) mass is 343 g/mol. The van der Waals surface area contributed by atoms with Crippen LogP contribution in [0.5, 0.6) is 0 Å². The molecule has 2 unspecified atom stereocenters. The molecule has 2 rings (SSSR count). The number of aromatic carboxylic acids is 1. The van der Waals surface area contributed by atoms with Crippen LogP contribution in [0.3, 0.4) is 0 Å². The number of rotatable bonds is 5. The minimum absolute atomic E-state index is 0.314. The van der Waals surface area contributed by atoms with E-state index in [1.165, 1.54) is 12.8 Å². The van der Waals surface area contributed by atoms with Crippen molar-refractivity contribution in [2.45, 2.75) is 37.5 Å². The second kappa shape index (κ2) is 6.66. The Morgan fingerprint density at radius 3 is 2.95 bits per heavy atom. The molecule has 0 spiro atoms. The first kappa shape index (κ1) is 14.7. The third-order valence-electron chi connectivity index (χ3n) is 3.33. The Bertz CT molecular complexity index is 467. The van der Waals surface area contributed by atoms with Crippen molar-refractivity contribution < 1.29 is 9.90 Å². The molecule has 1 aromatic rings. The van der Waals surface area contributed by atoms with Crippen molar-refractivity contribution >= 4 is 39.3 Å². The molecule has 1 aliphatic carbocycles. The smallest absolute Gasteiger partial charge is 0.335 e. The lowest BCUT2D eigenvalue weighted by Crippen LogP contribution is -2.26. The van der Waals surface area contributed by atoms with Crippen LogP contribution in [0.4, 0.5) is 5.69 Å². The van der Waals surface area contributed by atoms with Crippen molar-refractivity contribution in [3.63, 3.8) is 0 Å². The van der Waals surface area contributed by atoms with Crippen molar-refractivity contribution in [2.75, 3.05) is 11.1 Å². The van der Waals surface area contributed by atoms with Crippen molar-refractivity contribution in [1.29, 1.82) is 0 Å². The van der Waals surface area contributed by atoms with Crippen LogP contribution in [0.25, 0.3) is 0 Å². The maximum atomic E-state index is 11.1. The molecule has 2 N–H and O–H groups in total. The summed E-state index contributed by atoms with van der Waals surface area (Å²) >= 11 is 5.36. The fourth-order valence-corrected chi connectivity index (χ4v) is 4.21. The van der Waals surface area contributed by atoms with Crippen LogP contribution < -0.4 is 5.32 Å². The number of benzene rings is 1. The van der Waals surface area contributed by atoms with Gasteiger partial charge in [-0.25, -0.2) is 4.79 Å². The van der Waals surface area contributed by atoms with Crippen molar-refractivity contribution in [3.8, 4) is 0 Å². The topological polar surface area (TPSA) is 49.3 Å². The highest BCUT2D eigenvalue weighted by atomic mass is 79.9. The zero-order valence-electron chi connectivity index (χ0n) is 10.9. The minimum Gasteiger partial charge on any atom is -0.478 e. The van der Waals surface area contributed by atoms with E-state index in [2.05, 4.69) is 28.2 Å². The molecule has 1 aromatic carbocycles. The van der Waals surface area contributed by atoms with Gasteiger partial charge < -0.3 is 10.4 Å². The first-order valence-electron chi connectivity index (χ1n) is 6.52. The molecule has 0 radical (unpaired) electrons. The summed E-state index contributed by atoms with van der Waals surface area (Å²) in [7, 11) is 0. The second-order valence-corrected chi connectivity index (χ2v) is 7.14. The van der Waals surface area contributed by atoms with E-state index < -0.39 is 5.97 Å². The number of anilines is 1. The predicted octanol–water partition coefficient (Wildman–Crippen LogP) is 4.23. The molecule has 19 heavy (non-hydrogen) atoms. The molecule has 0 amide bonds. The highest BCUT2D eigenvalue weighted by molar-refractivity contribution is 9.10. The van der Waals surface area contributed by atoms with E-state index in [1.807, 2.05) is 17.8 Å². The molecule has 2 atom stereocenters. The summed E-state index contributed by atoms with van der Waals surface area (Å²) in [6, 6.07) is 5.72. The van der Waals surface area contributed by atoms with Crippen LogP contribution in [0, 0.1) is 0 Å². The summed E-state index contributed by atoms with van der Waals surface area (Å²) in [5, 5.41) is 13.2. The van der Waals surface area contributed by atoms with Crippen molar-refractivity contribution in [1.82, 2.24) is 0 Å². The fourth-order valence-electron chi connectivity index (χ4n) is 2.52. The highest BCUT2D eigenvalue weighted by Crippen LogP contribution is 2.32. The maximum absolute atomic E-state index is 11.1. The average molecular weight is 344 g/mol. The zero-order valence-corrected chi connectivity index (χ0v) is 13.3. The molecule has 0 saturated heterocycles. The number of halogens is 1. The Labute approximate surface area is 126 Å². The van der Waals surface area contributed by atoms with Crippen LogP contribution in [0.1, 0.15) is 36.5 Å². The molecule has 0 heterocycles. The van der Waals surface area contributed by atoms with Crippen LogP contribution in [-0.2, 0) is 0 Å². The molecule has 0 bridgehead atoms. The Hall–Kier alpha value is -0.680. The van der Waals surface area contributed by atoms with Gasteiger partial charge in [-0.3, -0.25) is 0 Å². The molecule has 104 valence electrons. The van der Waals surface area contributed by atoms with Crippen LogP contribution >= 0.6 is 27.7 Å². The second-order valence-electron chi connectivity index (χ2n) is 4.71. The van der Waals surface area contributed by atoms with E-state index in [4.69, 9.17) is 5.11 Å². The number of carboxylic acids is 1. The van der Waals surface area contributed by atoms with Crippen LogP contribution in [0.15, 0.2) is 22.7 Å². The average Bonchev–Trinajstić information content (AvgIpc) is 2.76. The van der Waals surface area contributed by atoms with E-state index in [-0.39, 0.29) is 0 Å². The molecule has 1 aliphatic rings. The summed E-state index contributed by atoms with van der Waals surface area (Å²) in [5.41, 5.74) is 1.20. The van der Waals surface area contributed by atoms with Crippen LogP contribution in [-0.4, -0.2) is 28.1 Å². The van der Waals surface area contributed by atoms with Gasteiger partial charge in [0.25, 0.3) is 0 Å². The molecule has 5 heteroatoms. The molecule has 0 aromatic heterocycles. The quantitative estimate of drug-likeness (QED) is 0.839. The summed E-state index contributed by atoms with van der Waals surface area (Å²) in [4.78, 5) is 11.1. The summed E-state index contributed by atoms with van der Waals surface area (Å²) in [6.45, 7) is 2.18. The standard InChI is InChI=1S/C14H18BrNO2S/c1-2-19-13-5-3-4-12(13)16-11-7-9(14(17)18)6-10(15)8-11/h6-8,12-13,16H,2-5H2,1H3,(H,17,18). The third kappa shape index (κ3) is 3.89. The lowest BCUT2D eigenvalue weighted by molar-refractivity contribution is 0.0697. The van der Waals surface area contributed by atoms with E-state index in [0.717, 1.165) is 22.3 Å². The van der Waals surface area contributed by atoms with Gasteiger partial charge in [0.15, 0.2) is 0 Å². The SMILES string of the molecule is CCSC1CCCC1Nc1cc(Br)cc(C(=O)O)c1. The van der Waals surface area contributed by atoms with Gasteiger partial charge in [-0.1, -0.05) is 29.3 Å². The number of hydrogen-bond acceptors (Lipinski definition) is 3. The Kier molecular flexibility index (Phi) is 5.16. The van der Waals surface area contributed by atoms with E-state index in [9.17, 15) is 4.79 Å². The zero-order chi connectivity index (χ0) is 13.8. The van der Waals surface area contributed by atoms with Gasteiger partial charge in [-0.15, -0.1) is 0 Å². The molecular weight excluding hydrogens is 326 g/mol. The fraction of sp³-hybridized carbons (Fsp3) is 0.500. The Balaban J connectivity index is 2.12. The molecular formula is C14H18BrNO2S. The number of nitrogens with one attached hydrogen (secondary N) is 1. The minimum atomic E-state index is -0.893. The van der Waals surface area contributed by atoms with Gasteiger partial charge in [-0.2, -0.15) is 11.8 Å². The summed E-state index contributed by atoms with van der Waals surface area (Å²) in [6.07, 6.45) is 3.65. The van der Waals surface area contributed by atoms with Crippen molar-refractivity contribution in [3.05, 3.63) is 28.2 Å². The van der Waals surface area contributed by atoms with Crippen LogP contribution in [0.2, 0.25) is 0 Å². The van der Waals surface area contributed by atoms with Gasteiger partial charge in [0.1, 0.15) is 0 Å². The van der Waals surface area contributed by atoms with E-state index in [1.54, 1.807) is 12.1 Å². The van der Waals surface area contributed by atoms with Gasteiger partial charge in [0, 0.05) is 21.5 Å². The molecule has 1 fully saturated rings. The summed E-state index contributed by atoms with van der Waals surface area (Å²) in [5.74, 6) is 0.233. The third-order valence-corrected chi connectivity index (χ3v) is 5.11. The van der Waals surface area contributed by atoms with E-state index in [0.29, 0.717) is 16.9 Å². The van der Waals surface area contributed by atoms with Crippen molar-refractivity contribution in [2.24, 2.45) is 0 Å². The normalized spacial score (nSPS) is 22.4. The number of carbonyl (C=O) groups is 1.